The molecule has 1 aromatic rings. The molecule has 2 rings (SSSR count). The van der Waals surface area contributed by atoms with E-state index in [-0.39, 0.29) is 6.10 Å². The van der Waals surface area contributed by atoms with Crippen LogP contribution in [0.5, 0.6) is 0 Å². The third-order valence-electron chi connectivity index (χ3n) is 2.93. The molecule has 1 aliphatic carbocycles. The summed E-state index contributed by atoms with van der Waals surface area (Å²) in [6, 6.07) is 10.8. The van der Waals surface area contributed by atoms with Crippen LogP contribution < -0.4 is 5.32 Å². The molecule has 0 saturated heterocycles. The molecule has 0 heterocycles. The van der Waals surface area contributed by atoms with Gasteiger partial charge in [-0.15, -0.1) is 0 Å². The summed E-state index contributed by atoms with van der Waals surface area (Å²) >= 11 is 0. The zero-order valence-corrected chi connectivity index (χ0v) is 10.1. The molecule has 94 valence electrons. The first-order valence-electron chi connectivity index (χ1n) is 6.38. The number of hydrogen-bond acceptors (Lipinski definition) is 3. The van der Waals surface area contributed by atoms with E-state index in [1.165, 1.54) is 18.4 Å². The molecule has 2 N–H and O–H groups in total. The Balaban J connectivity index is 1.50. The Bertz CT molecular complexity index is 311. The Morgan fingerprint density at radius 1 is 1.29 bits per heavy atom. The summed E-state index contributed by atoms with van der Waals surface area (Å²) < 4.78 is 5.53. The third kappa shape index (κ3) is 5.31. The summed E-state index contributed by atoms with van der Waals surface area (Å²) in [5.41, 5.74) is 1.18. The summed E-state index contributed by atoms with van der Waals surface area (Å²) in [5, 5.41) is 13.0. The van der Waals surface area contributed by atoms with Gasteiger partial charge in [0.25, 0.3) is 0 Å². The largest absolute Gasteiger partial charge is 0.392 e. The zero-order chi connectivity index (χ0) is 11.9. The van der Waals surface area contributed by atoms with Crippen LogP contribution in [0.3, 0.4) is 0 Å². The van der Waals surface area contributed by atoms with Crippen molar-refractivity contribution in [2.75, 3.05) is 13.2 Å². The van der Waals surface area contributed by atoms with Gasteiger partial charge in [-0.05, 0) is 24.8 Å². The summed E-state index contributed by atoms with van der Waals surface area (Å²) in [4.78, 5) is 0. The van der Waals surface area contributed by atoms with Gasteiger partial charge in [0.05, 0.1) is 12.7 Å². The number of hydrogen-bond donors (Lipinski definition) is 2. The van der Waals surface area contributed by atoms with Gasteiger partial charge in [-0.2, -0.15) is 0 Å². The molecule has 1 saturated carbocycles. The second-order valence-corrected chi connectivity index (χ2v) is 4.66. The molecule has 17 heavy (non-hydrogen) atoms. The van der Waals surface area contributed by atoms with Crippen molar-refractivity contribution in [3.8, 4) is 0 Å². The Morgan fingerprint density at radius 2 is 2.06 bits per heavy atom. The van der Waals surface area contributed by atoms with E-state index in [0.29, 0.717) is 32.2 Å². The van der Waals surface area contributed by atoms with Crippen molar-refractivity contribution in [1.82, 2.24) is 5.32 Å². The summed E-state index contributed by atoms with van der Waals surface area (Å²) in [6.45, 7) is 1.94. The van der Waals surface area contributed by atoms with Crippen LogP contribution in [0.25, 0.3) is 0 Å². The van der Waals surface area contributed by atoms with Crippen molar-refractivity contribution in [2.45, 2.75) is 38.0 Å². The molecule has 1 aliphatic rings. The maximum Gasteiger partial charge on any atom is 0.0716 e. The van der Waals surface area contributed by atoms with Gasteiger partial charge in [0.15, 0.2) is 0 Å². The predicted molar refractivity (Wildman–Crippen MR) is 67.7 cm³/mol. The Hall–Kier alpha value is -0.900. The lowest BCUT2D eigenvalue weighted by Gasteiger charge is -2.11. The van der Waals surface area contributed by atoms with Crippen molar-refractivity contribution in [3.05, 3.63) is 35.9 Å². The molecule has 1 unspecified atom stereocenters. The van der Waals surface area contributed by atoms with Crippen LogP contribution >= 0.6 is 0 Å². The molecule has 0 bridgehead atoms. The maximum absolute atomic E-state index is 9.68. The third-order valence-corrected chi connectivity index (χ3v) is 2.93. The lowest BCUT2D eigenvalue weighted by molar-refractivity contribution is 0.0731. The summed E-state index contributed by atoms with van der Waals surface area (Å²) in [5.74, 6) is 0. The quantitative estimate of drug-likeness (QED) is 0.674. The lowest BCUT2D eigenvalue weighted by atomic mass is 10.2. The molecule has 0 aliphatic heterocycles. The number of nitrogens with one attached hydrogen (secondary N) is 1. The van der Waals surface area contributed by atoms with E-state index >= 15 is 0 Å². The summed E-state index contributed by atoms with van der Waals surface area (Å²) in [7, 11) is 0. The van der Waals surface area contributed by atoms with Gasteiger partial charge >= 0.3 is 0 Å². The highest BCUT2D eigenvalue weighted by atomic mass is 16.5. The fourth-order valence-electron chi connectivity index (χ4n) is 1.68. The van der Waals surface area contributed by atoms with Crippen molar-refractivity contribution < 1.29 is 9.84 Å². The van der Waals surface area contributed by atoms with E-state index in [9.17, 15) is 5.11 Å². The highest BCUT2D eigenvalue weighted by Gasteiger charge is 2.21. The number of benzene rings is 1. The van der Waals surface area contributed by atoms with Crippen LogP contribution in [0.2, 0.25) is 0 Å². The smallest absolute Gasteiger partial charge is 0.0716 e. The highest BCUT2D eigenvalue weighted by Crippen LogP contribution is 2.18. The van der Waals surface area contributed by atoms with Gasteiger partial charge < -0.3 is 15.2 Å². The van der Waals surface area contributed by atoms with E-state index in [0.717, 1.165) is 0 Å². The minimum Gasteiger partial charge on any atom is -0.392 e. The van der Waals surface area contributed by atoms with E-state index in [1.54, 1.807) is 0 Å². The number of aliphatic hydroxyl groups excluding tert-OH is 1. The molecule has 1 fully saturated rings. The van der Waals surface area contributed by atoms with Gasteiger partial charge in [0.2, 0.25) is 0 Å². The predicted octanol–water partition coefficient (Wildman–Crippen LogP) is 1.71. The van der Waals surface area contributed by atoms with Crippen molar-refractivity contribution in [3.63, 3.8) is 0 Å². The molecule has 1 atom stereocenters. The molecular weight excluding hydrogens is 214 g/mol. The van der Waals surface area contributed by atoms with Crippen molar-refractivity contribution in [1.29, 1.82) is 0 Å². The van der Waals surface area contributed by atoms with Crippen molar-refractivity contribution >= 4 is 0 Å². The monoisotopic (exact) mass is 235 g/mol. The van der Waals surface area contributed by atoms with Gasteiger partial charge in [0, 0.05) is 19.2 Å². The minimum atomic E-state index is -0.286. The normalized spacial score (nSPS) is 17.0. The van der Waals surface area contributed by atoms with E-state index in [1.807, 2.05) is 30.3 Å². The van der Waals surface area contributed by atoms with E-state index in [2.05, 4.69) is 5.32 Å². The molecule has 0 aromatic heterocycles. The molecule has 3 heteroatoms. The number of rotatable bonds is 8. The minimum absolute atomic E-state index is 0.286. The number of aliphatic hydroxyl groups is 1. The van der Waals surface area contributed by atoms with Crippen LogP contribution in [0, 0.1) is 0 Å². The SMILES string of the molecule is OC(CCOCc1ccccc1)CNC1CC1. The highest BCUT2D eigenvalue weighted by molar-refractivity contribution is 5.13. The number of ether oxygens (including phenoxy) is 1. The lowest BCUT2D eigenvalue weighted by Crippen LogP contribution is -2.29. The first-order valence-corrected chi connectivity index (χ1v) is 6.38. The average Bonchev–Trinajstić information content (AvgIpc) is 3.17. The first kappa shape index (κ1) is 12.6. The van der Waals surface area contributed by atoms with Crippen LogP contribution in [0.15, 0.2) is 30.3 Å². The standard InChI is InChI=1S/C14H21NO2/c16-14(10-15-13-6-7-13)8-9-17-11-12-4-2-1-3-5-12/h1-5,13-16H,6-11H2. The molecule has 0 radical (unpaired) electrons. The Kier molecular flexibility index (Phi) is 4.98. The second kappa shape index (κ2) is 6.74. The fourth-order valence-corrected chi connectivity index (χ4v) is 1.68. The zero-order valence-electron chi connectivity index (χ0n) is 10.1. The van der Waals surface area contributed by atoms with Gasteiger partial charge in [-0.3, -0.25) is 0 Å². The Labute approximate surface area is 103 Å². The van der Waals surface area contributed by atoms with Gasteiger partial charge in [-0.1, -0.05) is 30.3 Å². The Morgan fingerprint density at radius 3 is 2.76 bits per heavy atom. The van der Waals surface area contributed by atoms with Gasteiger partial charge in [0.1, 0.15) is 0 Å². The molecular formula is C14H21NO2. The van der Waals surface area contributed by atoms with Crippen LogP contribution in [0.1, 0.15) is 24.8 Å². The van der Waals surface area contributed by atoms with Gasteiger partial charge in [-0.25, -0.2) is 0 Å². The first-order chi connectivity index (χ1) is 8.34. The second-order valence-electron chi connectivity index (χ2n) is 4.66. The maximum atomic E-state index is 9.68. The van der Waals surface area contributed by atoms with Crippen LogP contribution in [0.4, 0.5) is 0 Å². The van der Waals surface area contributed by atoms with Crippen LogP contribution in [-0.2, 0) is 11.3 Å². The molecule has 0 spiro atoms. The summed E-state index contributed by atoms with van der Waals surface area (Å²) in [6.07, 6.45) is 2.94. The van der Waals surface area contributed by atoms with Crippen LogP contribution in [-0.4, -0.2) is 30.4 Å². The molecule has 0 amide bonds. The van der Waals surface area contributed by atoms with Crippen molar-refractivity contribution in [2.24, 2.45) is 0 Å². The van der Waals surface area contributed by atoms with E-state index < -0.39 is 0 Å². The fraction of sp³-hybridized carbons (Fsp3) is 0.571. The topological polar surface area (TPSA) is 41.5 Å². The molecule has 1 aromatic carbocycles. The van der Waals surface area contributed by atoms with E-state index in [4.69, 9.17) is 4.74 Å². The molecule has 3 nitrogen and oxygen atoms in total. The average molecular weight is 235 g/mol.